The van der Waals surface area contributed by atoms with Crippen LogP contribution in [0.3, 0.4) is 0 Å². The van der Waals surface area contributed by atoms with E-state index in [0.717, 1.165) is 10.2 Å². The monoisotopic (exact) mass is 250 g/mol. The molecule has 72 valence electrons. The number of nitrogens with zero attached hydrogens (tertiary/aromatic N) is 2. The van der Waals surface area contributed by atoms with Crippen LogP contribution in [0.2, 0.25) is 0 Å². The number of aromatic nitrogens is 2. The molecule has 0 aliphatic carbocycles. The van der Waals surface area contributed by atoms with Crippen molar-refractivity contribution in [2.24, 2.45) is 0 Å². The molecule has 2 aromatic rings. The van der Waals surface area contributed by atoms with Crippen molar-refractivity contribution in [1.82, 2.24) is 9.78 Å². The molecule has 0 amide bonds. The maximum absolute atomic E-state index is 4.21. The Kier molecular flexibility index (Phi) is 2.42. The zero-order valence-electron chi connectivity index (χ0n) is 8.16. The van der Waals surface area contributed by atoms with Gasteiger partial charge in [-0.05, 0) is 37.1 Å². The Hall–Kier alpha value is -1.09. The molecule has 2 nitrogen and oxygen atoms in total. The zero-order valence-corrected chi connectivity index (χ0v) is 9.75. The topological polar surface area (TPSA) is 17.8 Å². The number of hydrogen-bond donors (Lipinski definition) is 0. The quantitative estimate of drug-likeness (QED) is 0.760. The zero-order chi connectivity index (χ0) is 10.1. The number of hydrogen-bond acceptors (Lipinski definition) is 1. The highest BCUT2D eigenvalue weighted by Crippen LogP contribution is 2.23. The molecule has 0 radical (unpaired) electrons. The van der Waals surface area contributed by atoms with Crippen molar-refractivity contribution in [3.63, 3.8) is 0 Å². The summed E-state index contributed by atoms with van der Waals surface area (Å²) in [6.07, 6.45) is 3.73. The Balaban J connectivity index is 2.60. The van der Waals surface area contributed by atoms with Crippen LogP contribution in [-0.4, -0.2) is 9.78 Å². The molecule has 2 rings (SSSR count). The summed E-state index contributed by atoms with van der Waals surface area (Å²) in [6.45, 7) is 4.18. The van der Waals surface area contributed by atoms with Gasteiger partial charge in [-0.2, -0.15) is 5.10 Å². The van der Waals surface area contributed by atoms with Gasteiger partial charge >= 0.3 is 0 Å². The highest BCUT2D eigenvalue weighted by atomic mass is 79.9. The Bertz CT molecular complexity index is 447. The van der Waals surface area contributed by atoms with Crippen molar-refractivity contribution < 1.29 is 0 Å². The molecule has 0 unspecified atom stereocenters. The number of rotatable bonds is 1. The fourth-order valence-corrected chi connectivity index (χ4v) is 1.80. The molecule has 0 fully saturated rings. The van der Waals surface area contributed by atoms with Gasteiger partial charge < -0.3 is 0 Å². The minimum atomic E-state index is 1.12. The molecule has 1 aromatic heterocycles. The first-order valence-corrected chi connectivity index (χ1v) is 5.24. The molecule has 0 spiro atoms. The average molecular weight is 251 g/mol. The largest absolute Gasteiger partial charge is 0.241 e. The van der Waals surface area contributed by atoms with Crippen molar-refractivity contribution >= 4 is 15.9 Å². The number of halogens is 1. The maximum atomic E-state index is 4.21. The van der Waals surface area contributed by atoms with Gasteiger partial charge in [0.2, 0.25) is 0 Å². The van der Waals surface area contributed by atoms with E-state index in [2.05, 4.69) is 47.0 Å². The van der Waals surface area contributed by atoms with Gasteiger partial charge in [-0.25, -0.2) is 4.68 Å². The van der Waals surface area contributed by atoms with Gasteiger partial charge in [0.05, 0.1) is 5.69 Å². The second kappa shape index (κ2) is 3.58. The molecular weight excluding hydrogens is 240 g/mol. The van der Waals surface area contributed by atoms with Gasteiger partial charge in [-0.3, -0.25) is 0 Å². The predicted octanol–water partition coefficient (Wildman–Crippen LogP) is 3.25. The molecule has 0 aliphatic heterocycles. The number of aryl methyl sites for hydroxylation is 2. The summed E-state index contributed by atoms with van der Waals surface area (Å²) in [6, 6.07) is 6.17. The smallest absolute Gasteiger partial charge is 0.0686 e. The number of benzene rings is 1. The lowest BCUT2D eigenvalue weighted by Crippen LogP contribution is -1.98. The lowest BCUT2D eigenvalue weighted by Gasteiger charge is -2.08. The molecular formula is C11H11BrN2. The third-order valence-corrected chi connectivity index (χ3v) is 3.08. The molecule has 1 heterocycles. The van der Waals surface area contributed by atoms with Crippen LogP contribution < -0.4 is 0 Å². The standard InChI is InChI=1S/C11H11BrN2/c1-8-6-9(2)11(7-10(8)12)14-5-3-4-13-14/h3-7H,1-2H3. The first kappa shape index (κ1) is 9.46. The molecule has 0 aliphatic rings. The lowest BCUT2D eigenvalue weighted by atomic mass is 10.1. The van der Waals surface area contributed by atoms with E-state index in [1.165, 1.54) is 11.1 Å². The average Bonchev–Trinajstić information content (AvgIpc) is 2.64. The SMILES string of the molecule is Cc1cc(C)c(-n2cccn2)cc1Br. The van der Waals surface area contributed by atoms with Gasteiger partial charge in [0.1, 0.15) is 0 Å². The summed E-state index contributed by atoms with van der Waals surface area (Å²) in [7, 11) is 0. The third-order valence-electron chi connectivity index (χ3n) is 2.23. The molecule has 1 aromatic carbocycles. The summed E-state index contributed by atoms with van der Waals surface area (Å²) >= 11 is 3.52. The van der Waals surface area contributed by atoms with Crippen LogP contribution in [0.25, 0.3) is 5.69 Å². The van der Waals surface area contributed by atoms with Crippen molar-refractivity contribution in [3.8, 4) is 5.69 Å². The van der Waals surface area contributed by atoms with Crippen LogP contribution in [0.15, 0.2) is 35.1 Å². The van der Waals surface area contributed by atoms with E-state index < -0.39 is 0 Å². The first-order valence-electron chi connectivity index (χ1n) is 4.45. The van der Waals surface area contributed by atoms with Gasteiger partial charge in [-0.1, -0.05) is 22.0 Å². The van der Waals surface area contributed by atoms with Crippen LogP contribution in [0, 0.1) is 13.8 Å². The third kappa shape index (κ3) is 1.60. The van der Waals surface area contributed by atoms with Crippen LogP contribution >= 0.6 is 15.9 Å². The van der Waals surface area contributed by atoms with E-state index in [-0.39, 0.29) is 0 Å². The van der Waals surface area contributed by atoms with E-state index >= 15 is 0 Å². The fraction of sp³-hybridized carbons (Fsp3) is 0.182. The molecule has 3 heteroatoms. The van der Waals surface area contributed by atoms with Gasteiger partial charge in [0.25, 0.3) is 0 Å². The highest BCUT2D eigenvalue weighted by molar-refractivity contribution is 9.10. The van der Waals surface area contributed by atoms with Crippen molar-refractivity contribution in [2.45, 2.75) is 13.8 Å². The van der Waals surface area contributed by atoms with E-state index in [1.54, 1.807) is 6.20 Å². The van der Waals surface area contributed by atoms with E-state index in [9.17, 15) is 0 Å². The van der Waals surface area contributed by atoms with Crippen LogP contribution in [0.4, 0.5) is 0 Å². The summed E-state index contributed by atoms with van der Waals surface area (Å²) in [5, 5.41) is 4.21. The normalized spacial score (nSPS) is 10.5. The van der Waals surface area contributed by atoms with Crippen molar-refractivity contribution in [3.05, 3.63) is 46.2 Å². The summed E-state index contributed by atoms with van der Waals surface area (Å²) in [5.41, 5.74) is 3.60. The van der Waals surface area contributed by atoms with Gasteiger partial charge in [0.15, 0.2) is 0 Å². The molecule has 0 saturated heterocycles. The minimum absolute atomic E-state index is 1.12. The van der Waals surface area contributed by atoms with Crippen LogP contribution in [0.5, 0.6) is 0 Å². The Morgan fingerprint density at radius 1 is 1.21 bits per heavy atom. The molecule has 0 atom stereocenters. The van der Waals surface area contributed by atoms with Crippen LogP contribution in [-0.2, 0) is 0 Å². The summed E-state index contributed by atoms with van der Waals surface area (Å²) < 4.78 is 2.99. The second-order valence-corrected chi connectivity index (χ2v) is 4.19. The highest BCUT2D eigenvalue weighted by Gasteiger charge is 2.04. The van der Waals surface area contributed by atoms with Crippen molar-refractivity contribution in [2.75, 3.05) is 0 Å². The Labute approximate surface area is 91.7 Å². The Morgan fingerprint density at radius 3 is 2.64 bits per heavy atom. The summed E-state index contributed by atoms with van der Waals surface area (Å²) in [4.78, 5) is 0. The Morgan fingerprint density at radius 2 is 2.00 bits per heavy atom. The van der Waals surface area contributed by atoms with Crippen LogP contribution in [0.1, 0.15) is 11.1 Å². The van der Waals surface area contributed by atoms with E-state index in [4.69, 9.17) is 0 Å². The van der Waals surface area contributed by atoms with Gasteiger partial charge in [-0.15, -0.1) is 0 Å². The first-order chi connectivity index (χ1) is 6.68. The van der Waals surface area contributed by atoms with E-state index in [0.29, 0.717) is 0 Å². The summed E-state index contributed by atoms with van der Waals surface area (Å²) in [5.74, 6) is 0. The molecule has 0 bridgehead atoms. The van der Waals surface area contributed by atoms with Crippen molar-refractivity contribution in [1.29, 1.82) is 0 Å². The van der Waals surface area contributed by atoms with Gasteiger partial charge in [0, 0.05) is 16.9 Å². The molecule has 0 N–H and O–H groups in total. The molecule has 14 heavy (non-hydrogen) atoms. The lowest BCUT2D eigenvalue weighted by molar-refractivity contribution is 0.871. The second-order valence-electron chi connectivity index (χ2n) is 3.34. The maximum Gasteiger partial charge on any atom is 0.0686 e. The predicted molar refractivity (Wildman–Crippen MR) is 60.7 cm³/mol. The minimum Gasteiger partial charge on any atom is -0.241 e. The van der Waals surface area contributed by atoms with E-state index in [1.807, 2.05) is 16.9 Å². The fourth-order valence-electron chi connectivity index (χ4n) is 1.47. The molecule has 0 saturated carbocycles.